The van der Waals surface area contributed by atoms with Crippen molar-refractivity contribution in [2.45, 2.75) is 13.0 Å². The van der Waals surface area contributed by atoms with E-state index in [4.69, 9.17) is 26.8 Å². The molecule has 9 heteroatoms. The van der Waals surface area contributed by atoms with Crippen molar-refractivity contribution in [3.63, 3.8) is 0 Å². The molecule has 4 rings (SSSR count). The van der Waals surface area contributed by atoms with Crippen LogP contribution in [0.5, 0.6) is 11.5 Å². The first-order chi connectivity index (χ1) is 14.4. The Morgan fingerprint density at radius 1 is 1.20 bits per heavy atom. The summed E-state index contributed by atoms with van der Waals surface area (Å²) < 4.78 is 12.5. The fourth-order valence-electron chi connectivity index (χ4n) is 3.57. The molecule has 1 amide bonds. The number of amides is 1. The Morgan fingerprint density at radius 3 is 2.63 bits per heavy atom. The zero-order chi connectivity index (χ0) is 21.4. The summed E-state index contributed by atoms with van der Waals surface area (Å²) in [5.41, 5.74) is 8.04. The number of primary amides is 1. The molecular weight excluding hydrogens is 406 g/mol. The fourth-order valence-corrected chi connectivity index (χ4v) is 3.79. The van der Waals surface area contributed by atoms with Crippen molar-refractivity contribution in [3.05, 3.63) is 64.3 Å². The van der Waals surface area contributed by atoms with Crippen LogP contribution >= 0.6 is 11.6 Å². The Balaban J connectivity index is 1.95. The number of ether oxygens (including phenoxy) is 2. The van der Waals surface area contributed by atoms with Gasteiger partial charge in [0, 0.05) is 16.8 Å². The highest BCUT2D eigenvalue weighted by Crippen LogP contribution is 2.41. The topological polar surface area (TPSA) is 104 Å². The van der Waals surface area contributed by atoms with Crippen molar-refractivity contribution in [2.24, 2.45) is 5.73 Å². The largest absolute Gasteiger partial charge is 0.497 e. The van der Waals surface area contributed by atoms with E-state index < -0.39 is 11.9 Å². The number of allylic oxidation sites excluding steroid dienone is 1. The number of nitrogens with two attached hydrogens (primary N) is 1. The predicted molar refractivity (Wildman–Crippen MR) is 114 cm³/mol. The van der Waals surface area contributed by atoms with Crippen molar-refractivity contribution in [2.75, 3.05) is 19.5 Å². The van der Waals surface area contributed by atoms with Crippen molar-refractivity contribution >= 4 is 23.5 Å². The Hall–Kier alpha value is -3.52. The number of carbonyl (C=O) groups is 1. The van der Waals surface area contributed by atoms with E-state index in [0.29, 0.717) is 50.7 Å². The summed E-state index contributed by atoms with van der Waals surface area (Å²) in [4.78, 5) is 17.0. The number of rotatable bonds is 5. The Kier molecular flexibility index (Phi) is 5.09. The van der Waals surface area contributed by atoms with Crippen molar-refractivity contribution < 1.29 is 14.3 Å². The van der Waals surface area contributed by atoms with Gasteiger partial charge < -0.3 is 20.5 Å². The van der Waals surface area contributed by atoms with Gasteiger partial charge >= 0.3 is 0 Å². The van der Waals surface area contributed by atoms with Gasteiger partial charge in [-0.2, -0.15) is 4.98 Å². The summed E-state index contributed by atoms with van der Waals surface area (Å²) in [5, 5.41) is 8.30. The van der Waals surface area contributed by atoms with Crippen LogP contribution in [0.2, 0.25) is 5.02 Å². The second-order valence-electron chi connectivity index (χ2n) is 6.72. The third-order valence-corrected chi connectivity index (χ3v) is 5.29. The molecule has 0 aliphatic carbocycles. The maximum atomic E-state index is 12.4. The minimum Gasteiger partial charge on any atom is -0.497 e. The zero-order valence-corrected chi connectivity index (χ0v) is 17.4. The summed E-state index contributed by atoms with van der Waals surface area (Å²) in [5.74, 6) is 1.49. The molecule has 1 aromatic heterocycles. The molecule has 2 heterocycles. The molecule has 1 atom stereocenters. The molecule has 0 saturated heterocycles. The highest BCUT2D eigenvalue weighted by molar-refractivity contribution is 6.33. The van der Waals surface area contributed by atoms with Crippen LogP contribution in [0.1, 0.15) is 18.5 Å². The third kappa shape index (κ3) is 3.25. The average Bonchev–Trinajstić information content (AvgIpc) is 3.15. The van der Waals surface area contributed by atoms with Crippen molar-refractivity contribution in [3.8, 4) is 22.9 Å². The van der Waals surface area contributed by atoms with Crippen LogP contribution in [0.3, 0.4) is 0 Å². The Labute approximate surface area is 178 Å². The fraction of sp³-hybridized carbons (Fsp3) is 0.190. The molecule has 0 bridgehead atoms. The number of methoxy groups -OCH3 is 2. The molecule has 154 valence electrons. The number of hydrogen-bond donors (Lipinski definition) is 2. The van der Waals surface area contributed by atoms with Crippen molar-refractivity contribution in [1.82, 2.24) is 14.8 Å². The van der Waals surface area contributed by atoms with Gasteiger partial charge in [0.15, 0.2) is 5.82 Å². The summed E-state index contributed by atoms with van der Waals surface area (Å²) >= 11 is 6.34. The van der Waals surface area contributed by atoms with Crippen LogP contribution in [0, 0.1) is 0 Å². The monoisotopic (exact) mass is 425 g/mol. The minimum absolute atomic E-state index is 0.352. The summed E-state index contributed by atoms with van der Waals surface area (Å²) in [7, 11) is 3.13. The van der Waals surface area contributed by atoms with Gasteiger partial charge in [0.05, 0.1) is 24.8 Å². The van der Waals surface area contributed by atoms with E-state index in [-0.39, 0.29) is 0 Å². The molecule has 30 heavy (non-hydrogen) atoms. The number of aromatic nitrogens is 3. The quantitative estimate of drug-likeness (QED) is 0.649. The normalized spacial score (nSPS) is 15.4. The number of benzene rings is 2. The van der Waals surface area contributed by atoms with Crippen LogP contribution in [-0.4, -0.2) is 34.9 Å². The molecule has 0 radical (unpaired) electrons. The first kappa shape index (κ1) is 19.8. The number of anilines is 1. The first-order valence-corrected chi connectivity index (χ1v) is 9.53. The molecule has 3 aromatic rings. The Morgan fingerprint density at radius 2 is 1.97 bits per heavy atom. The van der Waals surface area contributed by atoms with E-state index in [1.807, 2.05) is 18.2 Å². The van der Waals surface area contributed by atoms with Gasteiger partial charge in [-0.3, -0.25) is 4.79 Å². The lowest BCUT2D eigenvalue weighted by Crippen LogP contribution is -2.32. The van der Waals surface area contributed by atoms with Crippen molar-refractivity contribution in [1.29, 1.82) is 0 Å². The van der Waals surface area contributed by atoms with E-state index in [0.717, 1.165) is 0 Å². The zero-order valence-electron chi connectivity index (χ0n) is 16.6. The molecule has 1 unspecified atom stereocenters. The van der Waals surface area contributed by atoms with Crippen LogP contribution in [0.4, 0.5) is 5.95 Å². The first-order valence-electron chi connectivity index (χ1n) is 9.15. The summed E-state index contributed by atoms with van der Waals surface area (Å²) in [6.45, 7) is 1.77. The number of fused-ring (bicyclic) bond motifs is 1. The molecule has 1 aliphatic rings. The van der Waals surface area contributed by atoms with Crippen LogP contribution < -0.4 is 20.5 Å². The maximum absolute atomic E-state index is 12.4. The van der Waals surface area contributed by atoms with Crippen LogP contribution in [0.25, 0.3) is 11.4 Å². The number of carbonyl (C=O) groups excluding carboxylic acids is 1. The standard InChI is InChI=1S/C21H20ClN5O3/c1-11-17(19(23)28)18(14-10-12(29-2)8-9-16(14)30-3)27-21(24-11)25-20(26-27)13-6-4-5-7-15(13)22/h4-10,18H,1-3H3,(H2,23,28)(H,24,25,26). The highest BCUT2D eigenvalue weighted by atomic mass is 35.5. The molecule has 8 nitrogen and oxygen atoms in total. The van der Waals surface area contributed by atoms with Gasteiger partial charge in [0.2, 0.25) is 11.9 Å². The summed E-state index contributed by atoms with van der Waals surface area (Å²) in [6, 6.07) is 12.0. The molecule has 0 spiro atoms. The van der Waals surface area contributed by atoms with Gasteiger partial charge in [-0.1, -0.05) is 23.7 Å². The molecule has 0 fully saturated rings. The lowest BCUT2D eigenvalue weighted by Gasteiger charge is -2.28. The molecular formula is C21H20ClN5O3. The van der Waals surface area contributed by atoms with E-state index >= 15 is 0 Å². The van der Waals surface area contributed by atoms with Crippen LogP contribution in [-0.2, 0) is 4.79 Å². The lowest BCUT2D eigenvalue weighted by atomic mass is 9.94. The molecule has 0 saturated carbocycles. The van der Waals surface area contributed by atoms with Gasteiger partial charge in [-0.15, -0.1) is 5.10 Å². The maximum Gasteiger partial charge on any atom is 0.248 e. The average molecular weight is 426 g/mol. The minimum atomic E-state index is -0.660. The second-order valence-corrected chi connectivity index (χ2v) is 7.13. The molecule has 3 N–H and O–H groups in total. The molecule has 2 aromatic carbocycles. The van der Waals surface area contributed by atoms with E-state index in [1.165, 1.54) is 0 Å². The molecule has 1 aliphatic heterocycles. The highest BCUT2D eigenvalue weighted by Gasteiger charge is 2.35. The smallest absolute Gasteiger partial charge is 0.248 e. The van der Waals surface area contributed by atoms with Gasteiger partial charge in [-0.05, 0) is 37.3 Å². The van der Waals surface area contributed by atoms with Gasteiger partial charge in [0.1, 0.15) is 17.5 Å². The Bertz CT molecular complexity index is 1170. The SMILES string of the molecule is COc1ccc(OC)c(C2C(C(N)=O)=C(C)Nc3nc(-c4ccccc4Cl)nn32)c1. The number of halogens is 1. The lowest BCUT2D eigenvalue weighted by molar-refractivity contribution is -0.115. The van der Waals surface area contributed by atoms with E-state index in [1.54, 1.807) is 50.1 Å². The number of nitrogens with zero attached hydrogens (tertiary/aromatic N) is 3. The number of hydrogen-bond acceptors (Lipinski definition) is 6. The predicted octanol–water partition coefficient (Wildman–Crippen LogP) is 3.39. The van der Waals surface area contributed by atoms with Gasteiger partial charge in [-0.25, -0.2) is 4.68 Å². The second kappa shape index (κ2) is 7.72. The van der Waals surface area contributed by atoms with E-state index in [2.05, 4.69) is 15.4 Å². The summed E-state index contributed by atoms with van der Waals surface area (Å²) in [6.07, 6.45) is 0. The van der Waals surface area contributed by atoms with E-state index in [9.17, 15) is 4.79 Å². The number of nitrogens with one attached hydrogen (secondary N) is 1. The van der Waals surface area contributed by atoms with Crippen LogP contribution in [0.15, 0.2) is 53.7 Å². The van der Waals surface area contributed by atoms with Gasteiger partial charge in [0.25, 0.3) is 0 Å². The third-order valence-electron chi connectivity index (χ3n) is 4.96.